The monoisotopic (exact) mass is 433 g/mol. The molecule has 10 heteroatoms. The van der Waals surface area contributed by atoms with E-state index >= 15 is 0 Å². The van der Waals surface area contributed by atoms with Crippen molar-refractivity contribution >= 4 is 21.1 Å². The van der Waals surface area contributed by atoms with E-state index in [2.05, 4.69) is 20.1 Å². The molecule has 5 rings (SSSR count). The largest absolute Gasteiger partial charge is 0.346 e. The lowest BCUT2D eigenvalue weighted by Crippen LogP contribution is -2.39. The van der Waals surface area contributed by atoms with Gasteiger partial charge in [-0.2, -0.15) is 14.7 Å². The van der Waals surface area contributed by atoms with E-state index < -0.39 is 10.0 Å². The number of nitriles is 1. The van der Waals surface area contributed by atoms with Gasteiger partial charge in [0.05, 0.1) is 34.5 Å². The molecule has 1 saturated heterocycles. The number of benzene rings is 1. The minimum atomic E-state index is -3.57. The second kappa shape index (κ2) is 7.61. The highest BCUT2D eigenvalue weighted by atomic mass is 32.2. The molecule has 0 saturated carbocycles. The second-order valence-electron chi connectivity index (χ2n) is 7.44. The first-order valence-corrected chi connectivity index (χ1v) is 11.3. The summed E-state index contributed by atoms with van der Waals surface area (Å²) in [4.78, 5) is 11.9. The summed E-state index contributed by atoms with van der Waals surface area (Å²) in [7, 11) is -3.57. The highest BCUT2D eigenvalue weighted by Gasteiger charge is 2.30. The first-order chi connectivity index (χ1) is 15.1. The van der Waals surface area contributed by atoms with Crippen molar-refractivity contribution in [3.63, 3.8) is 0 Å². The molecule has 0 spiro atoms. The smallest absolute Gasteiger partial charge is 0.243 e. The van der Waals surface area contributed by atoms with Gasteiger partial charge < -0.3 is 4.98 Å². The summed E-state index contributed by atoms with van der Waals surface area (Å²) in [5.41, 5.74) is 2.93. The van der Waals surface area contributed by atoms with E-state index in [-0.39, 0.29) is 10.9 Å². The molecular weight excluding hydrogens is 414 g/mol. The zero-order valence-electron chi connectivity index (χ0n) is 16.5. The lowest BCUT2D eigenvalue weighted by Gasteiger charge is -2.31. The fourth-order valence-electron chi connectivity index (χ4n) is 3.96. The Labute approximate surface area is 179 Å². The van der Waals surface area contributed by atoms with Gasteiger partial charge in [0.15, 0.2) is 0 Å². The summed E-state index contributed by atoms with van der Waals surface area (Å²) < 4.78 is 29.3. The Morgan fingerprint density at radius 3 is 2.61 bits per heavy atom. The molecule has 31 heavy (non-hydrogen) atoms. The first-order valence-electron chi connectivity index (χ1n) is 9.89. The number of nitrogens with zero attached hydrogens (tertiary/aromatic N) is 6. The van der Waals surface area contributed by atoms with Crippen LogP contribution in [0.4, 0.5) is 0 Å². The van der Waals surface area contributed by atoms with Gasteiger partial charge in [-0.05, 0) is 43.2 Å². The Morgan fingerprint density at radius 1 is 1.10 bits per heavy atom. The number of aromatic nitrogens is 5. The minimum Gasteiger partial charge on any atom is -0.346 e. The molecule has 1 aliphatic rings. The number of aromatic amines is 1. The number of hydrogen-bond acceptors (Lipinski definition) is 6. The average Bonchev–Trinajstić information content (AvgIpc) is 3.49. The minimum absolute atomic E-state index is 0.115. The van der Waals surface area contributed by atoms with Crippen LogP contribution in [0.5, 0.6) is 0 Å². The Bertz CT molecular complexity index is 1380. The van der Waals surface area contributed by atoms with Crippen molar-refractivity contribution < 1.29 is 8.42 Å². The summed E-state index contributed by atoms with van der Waals surface area (Å²) in [5, 5.41) is 14.4. The molecule has 1 fully saturated rings. The van der Waals surface area contributed by atoms with Crippen LogP contribution in [0.15, 0.2) is 60.1 Å². The Kier molecular flexibility index (Phi) is 4.77. The van der Waals surface area contributed by atoms with Crippen molar-refractivity contribution in [3.05, 3.63) is 60.8 Å². The lowest BCUT2D eigenvalue weighted by molar-refractivity contribution is 0.261. The molecule has 4 aromatic rings. The van der Waals surface area contributed by atoms with Gasteiger partial charge in [0, 0.05) is 36.4 Å². The molecular formula is C21H19N7O2S. The molecule has 4 heterocycles. The van der Waals surface area contributed by atoms with E-state index in [1.54, 1.807) is 6.20 Å². The van der Waals surface area contributed by atoms with Gasteiger partial charge in [-0.1, -0.05) is 0 Å². The third-order valence-electron chi connectivity index (χ3n) is 5.65. The van der Waals surface area contributed by atoms with Gasteiger partial charge in [-0.25, -0.2) is 18.4 Å². The van der Waals surface area contributed by atoms with Gasteiger partial charge >= 0.3 is 0 Å². The fourth-order valence-corrected chi connectivity index (χ4v) is 5.43. The zero-order chi connectivity index (χ0) is 21.4. The van der Waals surface area contributed by atoms with Crippen molar-refractivity contribution in [1.29, 1.82) is 5.26 Å². The summed E-state index contributed by atoms with van der Waals surface area (Å²) in [6, 6.07) is 10.1. The van der Waals surface area contributed by atoms with Gasteiger partial charge in [0.2, 0.25) is 10.0 Å². The van der Waals surface area contributed by atoms with Crippen LogP contribution in [0.1, 0.15) is 24.4 Å². The number of fused-ring (bicyclic) bond motifs is 1. The number of hydrogen-bond donors (Lipinski definition) is 1. The quantitative estimate of drug-likeness (QED) is 0.528. The third kappa shape index (κ3) is 3.48. The predicted octanol–water partition coefficient (Wildman–Crippen LogP) is 2.72. The second-order valence-corrected chi connectivity index (χ2v) is 9.38. The Balaban J connectivity index is 1.31. The number of rotatable bonds is 4. The van der Waals surface area contributed by atoms with Crippen LogP contribution in [0.25, 0.3) is 22.3 Å². The fraction of sp³-hybridized carbons (Fsp3) is 0.238. The molecule has 3 aromatic heterocycles. The molecule has 1 aliphatic heterocycles. The van der Waals surface area contributed by atoms with Crippen molar-refractivity contribution in [3.8, 4) is 17.3 Å². The Morgan fingerprint density at radius 2 is 1.87 bits per heavy atom. The molecule has 0 aliphatic carbocycles. The topological polar surface area (TPSA) is 121 Å². The highest BCUT2D eigenvalue weighted by molar-refractivity contribution is 7.89. The van der Waals surface area contributed by atoms with Crippen LogP contribution in [0, 0.1) is 11.3 Å². The molecule has 0 bridgehead atoms. The van der Waals surface area contributed by atoms with Crippen molar-refractivity contribution in [2.45, 2.75) is 23.8 Å². The molecule has 9 nitrogen and oxygen atoms in total. The summed E-state index contributed by atoms with van der Waals surface area (Å²) in [6.07, 6.45) is 8.44. The van der Waals surface area contributed by atoms with Gasteiger partial charge in [0.25, 0.3) is 0 Å². The van der Waals surface area contributed by atoms with Crippen LogP contribution >= 0.6 is 0 Å². The van der Waals surface area contributed by atoms with Crippen LogP contribution in [-0.4, -0.2) is 50.5 Å². The van der Waals surface area contributed by atoms with E-state index in [9.17, 15) is 8.42 Å². The molecule has 1 aromatic carbocycles. The maximum atomic E-state index is 12.9. The number of sulfonamides is 1. The SMILES string of the molecule is N#Cc1ccc(S(=O)(=O)N2CCC(n3cc(-c4ncnc5[nH]ccc45)cn3)CC2)cc1. The van der Waals surface area contributed by atoms with E-state index in [0.717, 1.165) is 22.3 Å². The maximum Gasteiger partial charge on any atom is 0.243 e. The number of nitrogens with one attached hydrogen (secondary N) is 1. The maximum absolute atomic E-state index is 12.9. The van der Waals surface area contributed by atoms with Gasteiger partial charge in [-0.15, -0.1) is 0 Å². The van der Waals surface area contributed by atoms with Crippen LogP contribution in [0.3, 0.4) is 0 Å². The van der Waals surface area contributed by atoms with Gasteiger partial charge in [-0.3, -0.25) is 4.68 Å². The number of piperidine rings is 1. The zero-order valence-corrected chi connectivity index (χ0v) is 17.3. The number of H-pyrrole nitrogens is 1. The standard InChI is InChI=1S/C21H19N7O2S/c22-11-15-1-3-18(4-2-15)31(29,30)27-9-6-17(7-10-27)28-13-16(12-26-28)20-19-5-8-23-21(19)25-14-24-20/h1-5,8,12-14,17H,6-7,9-10H2,(H,23,24,25). The average molecular weight is 433 g/mol. The van der Waals surface area contributed by atoms with Crippen molar-refractivity contribution in [1.82, 2.24) is 29.0 Å². The normalized spacial score (nSPS) is 15.8. The third-order valence-corrected chi connectivity index (χ3v) is 7.56. The highest BCUT2D eigenvalue weighted by Crippen LogP contribution is 2.29. The summed E-state index contributed by atoms with van der Waals surface area (Å²) in [5.74, 6) is 0. The van der Waals surface area contributed by atoms with E-state index in [0.29, 0.717) is 31.5 Å². The van der Waals surface area contributed by atoms with E-state index in [4.69, 9.17) is 5.26 Å². The van der Waals surface area contributed by atoms with E-state index in [1.807, 2.05) is 29.2 Å². The molecule has 156 valence electrons. The first kappa shape index (κ1) is 19.4. The predicted molar refractivity (Wildman–Crippen MR) is 113 cm³/mol. The molecule has 0 amide bonds. The van der Waals surface area contributed by atoms with Crippen molar-refractivity contribution in [2.24, 2.45) is 0 Å². The van der Waals surface area contributed by atoms with Crippen LogP contribution in [0.2, 0.25) is 0 Å². The molecule has 1 N–H and O–H groups in total. The van der Waals surface area contributed by atoms with E-state index in [1.165, 1.54) is 34.9 Å². The lowest BCUT2D eigenvalue weighted by atomic mass is 10.1. The van der Waals surface area contributed by atoms with Crippen LogP contribution in [-0.2, 0) is 10.0 Å². The molecule has 0 atom stereocenters. The summed E-state index contributed by atoms with van der Waals surface area (Å²) in [6.45, 7) is 0.829. The molecule has 0 unspecified atom stereocenters. The molecule has 0 radical (unpaired) electrons. The Hall–Kier alpha value is -3.55. The van der Waals surface area contributed by atoms with Gasteiger partial charge in [0.1, 0.15) is 12.0 Å². The van der Waals surface area contributed by atoms with Crippen LogP contribution < -0.4 is 0 Å². The summed E-state index contributed by atoms with van der Waals surface area (Å²) >= 11 is 0. The van der Waals surface area contributed by atoms with Crippen molar-refractivity contribution in [2.75, 3.05) is 13.1 Å².